The zero-order chi connectivity index (χ0) is 14.4. The average molecular weight is 278 g/mol. The summed E-state index contributed by atoms with van der Waals surface area (Å²) in [6.07, 6.45) is 2.41. The van der Waals surface area contributed by atoms with Crippen molar-refractivity contribution in [1.82, 2.24) is 4.98 Å². The van der Waals surface area contributed by atoms with Crippen LogP contribution in [0.15, 0.2) is 48.7 Å². The maximum Gasteiger partial charge on any atom is 0.104 e. The topological polar surface area (TPSA) is 39.3 Å². The fourth-order valence-corrected chi connectivity index (χ4v) is 3.19. The maximum absolute atomic E-state index is 10.7. The summed E-state index contributed by atoms with van der Waals surface area (Å²) in [5.41, 5.74) is 5.62. The van der Waals surface area contributed by atoms with Gasteiger partial charge in [-0.05, 0) is 52.8 Å². The molecule has 0 radical (unpaired) electrons. The summed E-state index contributed by atoms with van der Waals surface area (Å²) in [4.78, 5) is 5.44. The van der Waals surface area contributed by atoms with Gasteiger partial charge in [0.05, 0.1) is 0 Å². The lowest BCUT2D eigenvalue weighted by Crippen LogP contribution is -2.12. The van der Waals surface area contributed by atoms with E-state index in [4.69, 9.17) is 0 Å². The summed E-state index contributed by atoms with van der Waals surface area (Å²) < 4.78 is 0. The molecule has 3 aromatic rings. The molecule has 1 aliphatic rings. The highest BCUT2D eigenvalue weighted by atomic mass is 16.3. The Bertz CT molecular complexity index is 806. The number of rotatable bonds is 2. The number of anilines is 1. The van der Waals surface area contributed by atoms with Crippen LogP contribution in [0.5, 0.6) is 0 Å². The van der Waals surface area contributed by atoms with Crippen molar-refractivity contribution >= 4 is 16.6 Å². The number of H-pyrrole nitrogens is 1. The van der Waals surface area contributed by atoms with Crippen molar-refractivity contribution in [3.8, 4) is 0 Å². The normalized spacial score (nSPS) is 15.4. The number of fused-ring (bicyclic) bond motifs is 2. The highest BCUT2D eigenvalue weighted by Crippen LogP contribution is 2.32. The summed E-state index contributed by atoms with van der Waals surface area (Å²) in [5, 5.41) is 11.8. The maximum atomic E-state index is 10.7. The van der Waals surface area contributed by atoms with Gasteiger partial charge < -0.3 is 15.0 Å². The molecule has 106 valence electrons. The van der Waals surface area contributed by atoms with Crippen LogP contribution in [0.3, 0.4) is 0 Å². The number of nitrogens with zero attached hydrogens (tertiary/aromatic N) is 1. The summed E-state index contributed by atoms with van der Waals surface area (Å²) in [7, 11) is 2.11. The van der Waals surface area contributed by atoms with E-state index < -0.39 is 6.10 Å². The number of nitrogens with one attached hydrogen (secondary N) is 1. The van der Waals surface area contributed by atoms with Crippen molar-refractivity contribution in [1.29, 1.82) is 0 Å². The van der Waals surface area contributed by atoms with Crippen LogP contribution < -0.4 is 4.90 Å². The van der Waals surface area contributed by atoms with Gasteiger partial charge in [0.1, 0.15) is 6.10 Å². The first-order chi connectivity index (χ1) is 10.2. The molecule has 0 aliphatic carbocycles. The second kappa shape index (κ2) is 4.64. The number of hydrogen-bond acceptors (Lipinski definition) is 2. The molecule has 0 saturated carbocycles. The summed E-state index contributed by atoms with van der Waals surface area (Å²) >= 11 is 0. The number of aromatic amines is 1. The standard InChI is InChI=1S/C18H18N2O/c1-20-9-7-13-11-15(3-5-17(13)20)18(21)14-2-4-16-12(10-14)6-8-19-16/h2-6,8,10-11,18-19,21H,7,9H2,1H3. The van der Waals surface area contributed by atoms with Crippen LogP contribution in [-0.4, -0.2) is 23.7 Å². The van der Waals surface area contributed by atoms with Gasteiger partial charge in [-0.25, -0.2) is 0 Å². The van der Waals surface area contributed by atoms with Crippen LogP contribution in [0.2, 0.25) is 0 Å². The summed E-state index contributed by atoms with van der Waals surface area (Å²) in [6, 6.07) is 14.4. The minimum Gasteiger partial charge on any atom is -0.384 e. The second-order valence-corrected chi connectivity index (χ2v) is 5.79. The first-order valence-corrected chi connectivity index (χ1v) is 7.31. The molecule has 0 spiro atoms. The Kier molecular flexibility index (Phi) is 2.76. The molecule has 3 heteroatoms. The van der Waals surface area contributed by atoms with E-state index in [2.05, 4.69) is 35.1 Å². The summed E-state index contributed by atoms with van der Waals surface area (Å²) in [5.74, 6) is 0. The van der Waals surface area contributed by atoms with Gasteiger partial charge >= 0.3 is 0 Å². The molecule has 21 heavy (non-hydrogen) atoms. The molecule has 0 fully saturated rings. The Labute approximate surface area is 123 Å². The zero-order valence-corrected chi connectivity index (χ0v) is 12.0. The molecule has 1 aliphatic heterocycles. The molecular weight excluding hydrogens is 260 g/mol. The number of aliphatic hydroxyl groups excluding tert-OH is 1. The van der Waals surface area contributed by atoms with Crippen LogP contribution in [0.1, 0.15) is 22.8 Å². The van der Waals surface area contributed by atoms with Crippen molar-refractivity contribution in [3.63, 3.8) is 0 Å². The number of aromatic nitrogens is 1. The number of hydrogen-bond donors (Lipinski definition) is 2. The van der Waals surface area contributed by atoms with Crippen molar-refractivity contribution in [2.75, 3.05) is 18.5 Å². The SMILES string of the molecule is CN1CCc2cc(C(O)c3ccc4[nH]ccc4c3)ccc21. The van der Waals surface area contributed by atoms with Gasteiger partial charge in [0, 0.05) is 31.0 Å². The molecule has 1 unspecified atom stereocenters. The predicted octanol–water partition coefficient (Wildman–Crippen LogP) is 3.24. The Balaban J connectivity index is 1.72. The van der Waals surface area contributed by atoms with E-state index in [0.29, 0.717) is 0 Å². The van der Waals surface area contributed by atoms with E-state index >= 15 is 0 Å². The Hall–Kier alpha value is -2.26. The van der Waals surface area contributed by atoms with Gasteiger partial charge in [-0.3, -0.25) is 0 Å². The highest BCUT2D eigenvalue weighted by molar-refractivity contribution is 5.80. The third kappa shape index (κ3) is 2.01. The van der Waals surface area contributed by atoms with Gasteiger partial charge in [0.15, 0.2) is 0 Å². The van der Waals surface area contributed by atoms with Crippen LogP contribution in [-0.2, 0) is 6.42 Å². The molecule has 2 N–H and O–H groups in total. The first kappa shape index (κ1) is 12.5. The molecule has 0 amide bonds. The fourth-order valence-electron chi connectivity index (χ4n) is 3.19. The van der Waals surface area contributed by atoms with Crippen LogP contribution in [0, 0.1) is 0 Å². The average Bonchev–Trinajstić information content (AvgIpc) is 3.12. The highest BCUT2D eigenvalue weighted by Gasteiger charge is 2.18. The molecule has 1 aromatic heterocycles. The molecule has 2 heterocycles. The smallest absolute Gasteiger partial charge is 0.104 e. The van der Waals surface area contributed by atoms with Crippen molar-refractivity contribution in [2.24, 2.45) is 0 Å². The zero-order valence-electron chi connectivity index (χ0n) is 12.0. The van der Waals surface area contributed by atoms with E-state index in [0.717, 1.165) is 35.0 Å². The van der Waals surface area contributed by atoms with Crippen LogP contribution in [0.4, 0.5) is 5.69 Å². The molecule has 4 rings (SSSR count). The lowest BCUT2D eigenvalue weighted by molar-refractivity contribution is 0.220. The number of likely N-dealkylation sites (N-methyl/N-ethyl adjacent to an activating group) is 1. The van der Waals surface area contributed by atoms with Gasteiger partial charge in [-0.15, -0.1) is 0 Å². The lowest BCUT2D eigenvalue weighted by Gasteiger charge is -2.15. The number of benzene rings is 2. The van der Waals surface area contributed by atoms with E-state index in [9.17, 15) is 5.11 Å². The Morgan fingerprint density at radius 3 is 2.81 bits per heavy atom. The van der Waals surface area contributed by atoms with Gasteiger partial charge in [-0.2, -0.15) is 0 Å². The monoisotopic (exact) mass is 278 g/mol. The van der Waals surface area contributed by atoms with Gasteiger partial charge in [0.2, 0.25) is 0 Å². The molecular formula is C18H18N2O. The van der Waals surface area contributed by atoms with Gasteiger partial charge in [0.25, 0.3) is 0 Å². The number of aliphatic hydroxyl groups is 1. The van der Waals surface area contributed by atoms with Gasteiger partial charge in [-0.1, -0.05) is 18.2 Å². The molecule has 2 aromatic carbocycles. The Morgan fingerprint density at radius 2 is 1.90 bits per heavy atom. The largest absolute Gasteiger partial charge is 0.384 e. The molecule has 0 bridgehead atoms. The lowest BCUT2D eigenvalue weighted by atomic mass is 9.98. The van der Waals surface area contributed by atoms with Crippen LogP contribution >= 0.6 is 0 Å². The first-order valence-electron chi connectivity index (χ1n) is 7.31. The van der Waals surface area contributed by atoms with Crippen molar-refractivity contribution in [3.05, 3.63) is 65.4 Å². The fraction of sp³-hybridized carbons (Fsp3) is 0.222. The van der Waals surface area contributed by atoms with Crippen molar-refractivity contribution in [2.45, 2.75) is 12.5 Å². The van der Waals surface area contributed by atoms with E-state index in [1.54, 1.807) is 0 Å². The van der Waals surface area contributed by atoms with E-state index in [1.165, 1.54) is 11.3 Å². The van der Waals surface area contributed by atoms with Crippen LogP contribution in [0.25, 0.3) is 10.9 Å². The Morgan fingerprint density at radius 1 is 1.10 bits per heavy atom. The molecule has 1 atom stereocenters. The molecule has 3 nitrogen and oxygen atoms in total. The summed E-state index contributed by atoms with van der Waals surface area (Å²) in [6.45, 7) is 1.06. The minimum atomic E-state index is -0.569. The predicted molar refractivity (Wildman–Crippen MR) is 85.8 cm³/mol. The third-order valence-electron chi connectivity index (χ3n) is 4.44. The van der Waals surface area contributed by atoms with Crippen molar-refractivity contribution < 1.29 is 5.11 Å². The minimum absolute atomic E-state index is 0.569. The van der Waals surface area contributed by atoms with E-state index in [-0.39, 0.29) is 0 Å². The van der Waals surface area contributed by atoms with E-state index in [1.807, 2.05) is 30.5 Å². The third-order valence-corrected chi connectivity index (χ3v) is 4.44. The second-order valence-electron chi connectivity index (χ2n) is 5.79. The molecule has 0 saturated heterocycles. The quantitative estimate of drug-likeness (QED) is 0.755.